The minimum absolute atomic E-state index is 0.285. The molecule has 0 spiro atoms. The first-order valence-electron chi connectivity index (χ1n) is 12.7. The van der Waals surface area contributed by atoms with Gasteiger partial charge in [-0.2, -0.15) is 0 Å². The molecule has 0 bridgehead atoms. The molecule has 2 aromatic carbocycles. The van der Waals surface area contributed by atoms with E-state index in [1.807, 2.05) is 24.3 Å². The zero-order chi connectivity index (χ0) is 28.3. The Morgan fingerprint density at radius 1 is 0.975 bits per heavy atom. The van der Waals surface area contributed by atoms with E-state index < -0.39 is 17.6 Å². The Labute approximate surface area is 230 Å². The molecule has 0 aliphatic heterocycles. The van der Waals surface area contributed by atoms with Crippen LogP contribution in [0.5, 0.6) is 0 Å². The van der Waals surface area contributed by atoms with Crippen molar-refractivity contribution >= 4 is 29.2 Å². The molecule has 0 aliphatic rings. The summed E-state index contributed by atoms with van der Waals surface area (Å²) in [5.74, 6) is -0.538. The smallest absolute Gasteiger partial charge is 0.255 e. The van der Waals surface area contributed by atoms with Crippen LogP contribution in [0.4, 0.5) is 10.2 Å². The molecule has 0 saturated carbocycles. The van der Waals surface area contributed by atoms with Crippen LogP contribution in [0.3, 0.4) is 0 Å². The second-order valence-corrected chi connectivity index (χ2v) is 10.2. The van der Waals surface area contributed by atoms with Gasteiger partial charge in [0, 0.05) is 23.3 Å². The average molecular weight is 538 g/mol. The number of carbonyl (C=O) groups excluding carboxylic acids is 2. The summed E-state index contributed by atoms with van der Waals surface area (Å²) in [5.41, 5.74) is 3.71. The van der Waals surface area contributed by atoms with Crippen LogP contribution in [-0.4, -0.2) is 37.9 Å². The highest BCUT2D eigenvalue weighted by Crippen LogP contribution is 2.38. The van der Waals surface area contributed by atoms with Crippen LogP contribution < -0.4 is 5.32 Å². The number of hydrogen-bond acceptors (Lipinski definition) is 5. The van der Waals surface area contributed by atoms with Gasteiger partial charge in [0.1, 0.15) is 17.3 Å². The SMILES string of the molecule is CC(C)(C)ON(C=O)[C@@H](C(=O)Nc1ccc2c(-c3ccncc3)c(-c3ccc(F)cc3)[nH]c2n1)c1ccccc1. The van der Waals surface area contributed by atoms with Gasteiger partial charge in [-0.05, 0) is 86.0 Å². The predicted molar refractivity (Wildman–Crippen MR) is 151 cm³/mol. The van der Waals surface area contributed by atoms with E-state index in [4.69, 9.17) is 4.84 Å². The number of rotatable bonds is 8. The fourth-order valence-electron chi connectivity index (χ4n) is 4.49. The maximum atomic E-state index is 13.7. The number of nitrogens with zero attached hydrogens (tertiary/aromatic N) is 3. The van der Waals surface area contributed by atoms with Gasteiger partial charge in [-0.1, -0.05) is 30.3 Å². The number of benzene rings is 2. The van der Waals surface area contributed by atoms with Crippen molar-refractivity contribution in [1.82, 2.24) is 20.0 Å². The molecule has 8 nitrogen and oxygen atoms in total. The van der Waals surface area contributed by atoms with Gasteiger partial charge in [-0.3, -0.25) is 19.4 Å². The molecule has 9 heteroatoms. The van der Waals surface area contributed by atoms with E-state index in [2.05, 4.69) is 20.3 Å². The maximum absolute atomic E-state index is 13.7. The van der Waals surface area contributed by atoms with Crippen molar-refractivity contribution in [1.29, 1.82) is 0 Å². The number of hydroxylamine groups is 2. The molecule has 0 saturated heterocycles. The fraction of sp³-hybridized carbons (Fsp3) is 0.161. The van der Waals surface area contributed by atoms with Gasteiger partial charge < -0.3 is 10.3 Å². The van der Waals surface area contributed by atoms with Crippen molar-refractivity contribution < 1.29 is 18.8 Å². The van der Waals surface area contributed by atoms with Gasteiger partial charge in [0.25, 0.3) is 5.91 Å². The minimum Gasteiger partial charge on any atom is -0.339 e. The zero-order valence-electron chi connectivity index (χ0n) is 22.3. The highest BCUT2D eigenvalue weighted by atomic mass is 19.1. The molecular formula is C31H28FN5O3. The number of aromatic nitrogens is 3. The molecule has 0 aliphatic carbocycles. The summed E-state index contributed by atoms with van der Waals surface area (Å²) in [7, 11) is 0. The number of aromatic amines is 1. The van der Waals surface area contributed by atoms with E-state index in [1.54, 1.807) is 75.6 Å². The lowest BCUT2D eigenvalue weighted by Gasteiger charge is -2.32. The van der Waals surface area contributed by atoms with Crippen molar-refractivity contribution in [3.05, 3.63) is 103 Å². The molecular weight excluding hydrogens is 509 g/mol. The maximum Gasteiger partial charge on any atom is 0.255 e. The topological polar surface area (TPSA) is 100 Å². The number of fused-ring (bicyclic) bond motifs is 1. The van der Waals surface area contributed by atoms with Gasteiger partial charge in [0.05, 0.1) is 11.3 Å². The van der Waals surface area contributed by atoms with E-state index in [-0.39, 0.29) is 11.6 Å². The molecule has 2 amide bonds. The van der Waals surface area contributed by atoms with Crippen molar-refractivity contribution in [2.75, 3.05) is 5.32 Å². The first-order chi connectivity index (χ1) is 19.2. The second kappa shape index (κ2) is 11.1. The average Bonchev–Trinajstić information content (AvgIpc) is 3.32. The quantitative estimate of drug-likeness (QED) is 0.179. The van der Waals surface area contributed by atoms with Crippen molar-refractivity contribution in [3.8, 4) is 22.4 Å². The van der Waals surface area contributed by atoms with Gasteiger partial charge in [0.15, 0.2) is 6.04 Å². The van der Waals surface area contributed by atoms with Crippen LogP contribution in [0.25, 0.3) is 33.4 Å². The summed E-state index contributed by atoms with van der Waals surface area (Å²) in [6, 6.07) is 21.4. The lowest BCUT2D eigenvalue weighted by Crippen LogP contribution is -2.41. The number of carbonyl (C=O) groups is 2. The van der Waals surface area contributed by atoms with Gasteiger partial charge in [0.2, 0.25) is 6.41 Å². The normalized spacial score (nSPS) is 12.2. The number of anilines is 1. The van der Waals surface area contributed by atoms with Crippen LogP contribution in [0.15, 0.2) is 91.3 Å². The van der Waals surface area contributed by atoms with Crippen molar-refractivity contribution in [3.63, 3.8) is 0 Å². The summed E-state index contributed by atoms with van der Waals surface area (Å²) < 4.78 is 13.7. The highest BCUT2D eigenvalue weighted by molar-refractivity contribution is 6.03. The standard InChI is InChI=1S/C31H28FN5O3/c1-31(2,3)40-37(19-38)28(22-7-5-4-6-8-22)30(39)35-25-14-13-24-26(20-15-17-33-18-16-20)27(36-29(24)34-25)21-9-11-23(32)12-10-21/h4-19,28H,1-3H3,(H2,34,35,36,39)/t28-/m1/s1. The summed E-state index contributed by atoms with van der Waals surface area (Å²) >= 11 is 0. The Hall–Kier alpha value is -4.89. The Morgan fingerprint density at radius 2 is 1.68 bits per heavy atom. The lowest BCUT2D eigenvalue weighted by molar-refractivity contribution is -0.231. The van der Waals surface area contributed by atoms with E-state index in [1.165, 1.54) is 12.1 Å². The third kappa shape index (κ3) is 5.74. The van der Waals surface area contributed by atoms with Crippen LogP contribution >= 0.6 is 0 Å². The summed E-state index contributed by atoms with van der Waals surface area (Å²) in [6.07, 6.45) is 3.90. The summed E-state index contributed by atoms with van der Waals surface area (Å²) in [4.78, 5) is 43.6. The van der Waals surface area contributed by atoms with Gasteiger partial charge >= 0.3 is 0 Å². The Balaban J connectivity index is 1.54. The van der Waals surface area contributed by atoms with E-state index in [0.717, 1.165) is 32.8 Å². The highest BCUT2D eigenvalue weighted by Gasteiger charge is 2.31. The van der Waals surface area contributed by atoms with Crippen LogP contribution in [0, 0.1) is 5.82 Å². The van der Waals surface area contributed by atoms with E-state index in [0.29, 0.717) is 17.6 Å². The van der Waals surface area contributed by atoms with Crippen molar-refractivity contribution in [2.45, 2.75) is 32.4 Å². The van der Waals surface area contributed by atoms with Crippen LogP contribution in [0.1, 0.15) is 32.4 Å². The molecule has 0 unspecified atom stereocenters. The molecule has 2 N–H and O–H groups in total. The minimum atomic E-state index is -1.05. The molecule has 202 valence electrons. The number of amides is 2. The fourth-order valence-corrected chi connectivity index (χ4v) is 4.49. The monoisotopic (exact) mass is 537 g/mol. The second-order valence-electron chi connectivity index (χ2n) is 10.2. The largest absolute Gasteiger partial charge is 0.339 e. The summed E-state index contributed by atoms with van der Waals surface area (Å²) in [6.45, 7) is 5.38. The molecule has 3 aromatic heterocycles. The van der Waals surface area contributed by atoms with Crippen LogP contribution in [-0.2, 0) is 14.4 Å². The zero-order valence-corrected chi connectivity index (χ0v) is 22.3. The van der Waals surface area contributed by atoms with Gasteiger partial charge in [-0.25, -0.2) is 14.4 Å². The third-order valence-corrected chi connectivity index (χ3v) is 6.11. The Bertz CT molecular complexity index is 1630. The van der Waals surface area contributed by atoms with E-state index in [9.17, 15) is 14.0 Å². The number of halogens is 1. The molecule has 1 atom stereocenters. The predicted octanol–water partition coefficient (Wildman–Crippen LogP) is 6.30. The number of nitrogens with one attached hydrogen (secondary N) is 2. The van der Waals surface area contributed by atoms with E-state index >= 15 is 0 Å². The molecule has 40 heavy (non-hydrogen) atoms. The van der Waals surface area contributed by atoms with Crippen molar-refractivity contribution in [2.24, 2.45) is 0 Å². The summed E-state index contributed by atoms with van der Waals surface area (Å²) in [5, 5.41) is 4.67. The Morgan fingerprint density at radius 3 is 2.33 bits per heavy atom. The molecule has 3 heterocycles. The van der Waals surface area contributed by atoms with Gasteiger partial charge in [-0.15, -0.1) is 0 Å². The first kappa shape index (κ1) is 26.7. The number of hydrogen-bond donors (Lipinski definition) is 2. The number of H-pyrrole nitrogens is 1. The molecule has 0 fully saturated rings. The first-order valence-corrected chi connectivity index (χ1v) is 12.7. The lowest BCUT2D eigenvalue weighted by atomic mass is 10.00. The Kier molecular flexibility index (Phi) is 7.39. The third-order valence-electron chi connectivity index (χ3n) is 6.11. The molecule has 5 rings (SSSR count). The molecule has 0 radical (unpaired) electrons. The van der Waals surface area contributed by atoms with Crippen LogP contribution in [0.2, 0.25) is 0 Å². The molecule has 5 aromatic rings. The number of pyridine rings is 2.